The van der Waals surface area contributed by atoms with Crippen molar-refractivity contribution in [1.82, 2.24) is 19.0 Å². The van der Waals surface area contributed by atoms with Crippen molar-refractivity contribution in [2.45, 2.75) is 24.8 Å². The van der Waals surface area contributed by atoms with Gasteiger partial charge in [-0.3, -0.25) is 9.48 Å². The van der Waals surface area contributed by atoms with E-state index in [1.807, 2.05) is 19.9 Å². The van der Waals surface area contributed by atoms with E-state index >= 15 is 0 Å². The minimum absolute atomic E-state index is 0.0525. The van der Waals surface area contributed by atoms with E-state index in [0.717, 1.165) is 5.69 Å². The summed E-state index contributed by atoms with van der Waals surface area (Å²) in [5, 5.41) is 4.19. The Hall–Kier alpha value is -2.39. The molecule has 2 aromatic rings. The molecule has 146 valence electrons. The molecule has 0 N–H and O–H groups in total. The Bertz CT molecular complexity index is 900. The van der Waals surface area contributed by atoms with Gasteiger partial charge < -0.3 is 9.64 Å². The van der Waals surface area contributed by atoms with Crippen LogP contribution in [-0.4, -0.2) is 66.6 Å². The summed E-state index contributed by atoms with van der Waals surface area (Å²) in [6.07, 6.45) is 1.67. The first-order valence-electron chi connectivity index (χ1n) is 8.77. The summed E-state index contributed by atoms with van der Waals surface area (Å²) in [5.41, 5.74) is 0.913. The van der Waals surface area contributed by atoms with E-state index in [0.29, 0.717) is 18.8 Å². The van der Waals surface area contributed by atoms with Crippen LogP contribution in [0.4, 0.5) is 0 Å². The lowest BCUT2D eigenvalue weighted by Crippen LogP contribution is -2.51. The summed E-state index contributed by atoms with van der Waals surface area (Å²) < 4.78 is 33.8. The zero-order chi connectivity index (χ0) is 19.6. The molecule has 1 atom stereocenters. The summed E-state index contributed by atoms with van der Waals surface area (Å²) in [7, 11) is -2.05. The minimum Gasteiger partial charge on any atom is -0.497 e. The van der Waals surface area contributed by atoms with Gasteiger partial charge >= 0.3 is 0 Å². The van der Waals surface area contributed by atoms with E-state index in [4.69, 9.17) is 4.74 Å². The van der Waals surface area contributed by atoms with Gasteiger partial charge in [0.1, 0.15) is 11.8 Å². The van der Waals surface area contributed by atoms with Gasteiger partial charge in [-0.1, -0.05) is 0 Å². The number of methoxy groups -OCH3 is 1. The maximum absolute atomic E-state index is 12.8. The maximum Gasteiger partial charge on any atom is 0.247 e. The maximum atomic E-state index is 12.8. The van der Waals surface area contributed by atoms with Crippen molar-refractivity contribution in [2.24, 2.45) is 0 Å². The number of hydrogen-bond donors (Lipinski definition) is 0. The summed E-state index contributed by atoms with van der Waals surface area (Å²) in [4.78, 5) is 14.7. The highest BCUT2D eigenvalue weighted by Gasteiger charge is 2.32. The van der Waals surface area contributed by atoms with Crippen LogP contribution in [-0.2, 0) is 14.8 Å². The van der Waals surface area contributed by atoms with Crippen LogP contribution in [0.2, 0.25) is 0 Å². The molecule has 1 aliphatic rings. The van der Waals surface area contributed by atoms with E-state index in [9.17, 15) is 13.2 Å². The zero-order valence-corrected chi connectivity index (χ0v) is 16.5. The molecule has 9 heteroatoms. The second kappa shape index (κ2) is 7.69. The number of carbonyl (C=O) groups is 1. The van der Waals surface area contributed by atoms with Crippen molar-refractivity contribution < 1.29 is 17.9 Å². The van der Waals surface area contributed by atoms with Gasteiger partial charge in [0.15, 0.2) is 0 Å². The topological polar surface area (TPSA) is 84.7 Å². The summed E-state index contributed by atoms with van der Waals surface area (Å²) in [6.45, 7) is 4.96. The van der Waals surface area contributed by atoms with E-state index < -0.39 is 16.1 Å². The fourth-order valence-electron chi connectivity index (χ4n) is 3.20. The third-order valence-corrected chi connectivity index (χ3v) is 6.75. The van der Waals surface area contributed by atoms with Gasteiger partial charge in [0.25, 0.3) is 0 Å². The summed E-state index contributed by atoms with van der Waals surface area (Å²) in [6, 6.07) is 7.76. The molecule has 0 bridgehead atoms. The number of benzene rings is 1. The van der Waals surface area contributed by atoms with Crippen LogP contribution >= 0.6 is 0 Å². The van der Waals surface area contributed by atoms with Crippen molar-refractivity contribution in [2.75, 3.05) is 33.3 Å². The number of piperazine rings is 1. The Balaban J connectivity index is 1.65. The molecule has 0 spiro atoms. The average Bonchev–Trinajstić information content (AvgIpc) is 3.12. The molecular formula is C18H24N4O4S. The number of aryl methyl sites for hydroxylation is 1. The Morgan fingerprint density at radius 1 is 1.11 bits per heavy atom. The molecular weight excluding hydrogens is 368 g/mol. The smallest absolute Gasteiger partial charge is 0.247 e. The molecule has 8 nitrogen and oxygen atoms in total. The number of hydrogen-bond acceptors (Lipinski definition) is 5. The monoisotopic (exact) mass is 392 g/mol. The van der Waals surface area contributed by atoms with Crippen LogP contribution in [0.25, 0.3) is 0 Å². The molecule has 2 heterocycles. The largest absolute Gasteiger partial charge is 0.497 e. The second-order valence-electron chi connectivity index (χ2n) is 6.50. The Kier molecular flexibility index (Phi) is 5.52. The predicted octanol–water partition coefficient (Wildman–Crippen LogP) is 1.29. The van der Waals surface area contributed by atoms with Gasteiger partial charge in [-0.25, -0.2) is 8.42 Å². The van der Waals surface area contributed by atoms with Crippen molar-refractivity contribution in [3.63, 3.8) is 0 Å². The number of carbonyl (C=O) groups excluding carboxylic acids is 1. The average molecular weight is 392 g/mol. The number of nitrogens with zero attached hydrogens (tertiary/aromatic N) is 4. The molecule has 1 aliphatic heterocycles. The fourth-order valence-corrected chi connectivity index (χ4v) is 4.62. The number of rotatable bonds is 5. The number of sulfonamides is 1. The predicted molar refractivity (Wildman–Crippen MR) is 100 cm³/mol. The molecule has 1 amide bonds. The van der Waals surface area contributed by atoms with Gasteiger partial charge in [0, 0.05) is 38.1 Å². The van der Waals surface area contributed by atoms with Crippen LogP contribution in [0.5, 0.6) is 5.75 Å². The third-order valence-electron chi connectivity index (χ3n) is 4.84. The highest BCUT2D eigenvalue weighted by atomic mass is 32.2. The lowest BCUT2D eigenvalue weighted by molar-refractivity contribution is -0.135. The molecule has 1 aromatic carbocycles. The fraction of sp³-hybridized carbons (Fsp3) is 0.444. The normalized spacial score (nSPS) is 16.9. The van der Waals surface area contributed by atoms with Crippen LogP contribution in [0.1, 0.15) is 18.7 Å². The quantitative estimate of drug-likeness (QED) is 0.766. The second-order valence-corrected chi connectivity index (χ2v) is 8.44. The Labute approximate surface area is 159 Å². The van der Waals surface area contributed by atoms with Crippen LogP contribution in [0.15, 0.2) is 41.4 Å². The summed E-state index contributed by atoms with van der Waals surface area (Å²) in [5.74, 6) is 0.551. The van der Waals surface area contributed by atoms with Gasteiger partial charge in [-0.05, 0) is 44.2 Å². The van der Waals surface area contributed by atoms with Crippen molar-refractivity contribution in [3.05, 3.63) is 42.2 Å². The van der Waals surface area contributed by atoms with E-state index in [1.54, 1.807) is 27.9 Å². The molecule has 3 rings (SSSR count). The van der Waals surface area contributed by atoms with Crippen molar-refractivity contribution in [3.8, 4) is 5.75 Å². The van der Waals surface area contributed by atoms with Gasteiger partial charge in [0.05, 0.1) is 12.0 Å². The molecule has 1 aromatic heterocycles. The first-order valence-corrected chi connectivity index (χ1v) is 10.2. The Morgan fingerprint density at radius 3 is 2.26 bits per heavy atom. The highest BCUT2D eigenvalue weighted by molar-refractivity contribution is 7.89. The van der Waals surface area contributed by atoms with E-state index in [2.05, 4.69) is 5.10 Å². The zero-order valence-electron chi connectivity index (χ0n) is 15.7. The minimum atomic E-state index is -3.58. The SMILES string of the molecule is COc1ccc(S(=O)(=O)N2CCN(C(=O)[C@H](C)n3nccc3C)CC2)cc1. The summed E-state index contributed by atoms with van der Waals surface area (Å²) >= 11 is 0. The van der Waals surface area contributed by atoms with Crippen LogP contribution in [0, 0.1) is 6.92 Å². The van der Waals surface area contributed by atoms with Crippen LogP contribution in [0.3, 0.4) is 0 Å². The van der Waals surface area contributed by atoms with Gasteiger partial charge in [0.2, 0.25) is 15.9 Å². The number of ether oxygens (including phenoxy) is 1. The van der Waals surface area contributed by atoms with E-state index in [1.165, 1.54) is 23.5 Å². The first kappa shape index (κ1) is 19.4. The Morgan fingerprint density at radius 2 is 1.74 bits per heavy atom. The lowest BCUT2D eigenvalue weighted by Gasteiger charge is -2.35. The lowest BCUT2D eigenvalue weighted by atomic mass is 10.2. The standard InChI is InChI=1S/C18H24N4O4S/c1-14-8-9-19-22(14)15(2)18(23)20-10-12-21(13-11-20)27(24,25)17-6-4-16(26-3)5-7-17/h4-9,15H,10-13H2,1-3H3/t15-/m0/s1. The third kappa shape index (κ3) is 3.84. The van der Waals surface area contributed by atoms with Gasteiger partial charge in [-0.15, -0.1) is 0 Å². The molecule has 1 fully saturated rings. The molecule has 0 radical (unpaired) electrons. The highest BCUT2D eigenvalue weighted by Crippen LogP contribution is 2.21. The molecule has 27 heavy (non-hydrogen) atoms. The van der Waals surface area contributed by atoms with Crippen molar-refractivity contribution >= 4 is 15.9 Å². The van der Waals surface area contributed by atoms with Crippen LogP contribution < -0.4 is 4.74 Å². The van der Waals surface area contributed by atoms with Crippen molar-refractivity contribution in [1.29, 1.82) is 0 Å². The first-order chi connectivity index (χ1) is 12.8. The number of amides is 1. The number of aromatic nitrogens is 2. The molecule has 0 saturated carbocycles. The van der Waals surface area contributed by atoms with E-state index in [-0.39, 0.29) is 23.9 Å². The molecule has 0 unspecified atom stereocenters. The van der Waals surface area contributed by atoms with Gasteiger partial charge in [-0.2, -0.15) is 9.40 Å². The molecule has 0 aliphatic carbocycles. The molecule has 1 saturated heterocycles.